The summed E-state index contributed by atoms with van der Waals surface area (Å²) in [5, 5.41) is 3.03. The smallest absolute Gasteiger partial charge is 0.358 e. The third-order valence-corrected chi connectivity index (χ3v) is 11.3. The Kier molecular flexibility index (Phi) is 7.53. The predicted octanol–water partition coefficient (Wildman–Crippen LogP) is 5.55. The van der Waals surface area contributed by atoms with Crippen LogP contribution in [0, 0.1) is 0 Å². The molecule has 3 N–H and O–H groups in total. The van der Waals surface area contributed by atoms with Crippen LogP contribution in [0.15, 0.2) is 83.9 Å². The first-order valence-corrected chi connectivity index (χ1v) is 18.5. The zero-order chi connectivity index (χ0) is 37.3. The van der Waals surface area contributed by atoms with Crippen LogP contribution in [0.3, 0.4) is 0 Å². The molecule has 0 unspecified atom stereocenters. The van der Waals surface area contributed by atoms with Crippen LogP contribution in [-0.2, 0) is 25.0 Å². The summed E-state index contributed by atoms with van der Waals surface area (Å²) >= 11 is 0. The number of aliphatic imine (C=N–C) groups is 1. The molecule has 4 aromatic carbocycles. The molecule has 1 amide bonds. The van der Waals surface area contributed by atoms with Gasteiger partial charge in [0.15, 0.2) is 5.41 Å². The van der Waals surface area contributed by atoms with Gasteiger partial charge < -0.3 is 35.9 Å². The van der Waals surface area contributed by atoms with E-state index < -0.39 is 11.2 Å². The van der Waals surface area contributed by atoms with Crippen LogP contribution in [0.5, 0.6) is 17.4 Å². The predicted molar refractivity (Wildman–Crippen MR) is 206 cm³/mol. The standard InChI is InChI=1S/C42H35N9O4/c43-41-47-33-13-14-45-36(33)40(48-41)54-23-25-5-3-24(4-6-25)22-46-39(53)26-7-10-29-32(19-26)42(38(49-44)37(29)52)30-11-8-27(50-15-1-16-50)20-34(30)55-35-21-28(9-12-31(35)42)51-17-2-18-51/h3-12,14,19-21H,1-2,13,15-18,22-23H2,(H,46,53)(H2,43,47,48). The summed E-state index contributed by atoms with van der Waals surface area (Å²) in [6.45, 7) is 4.36. The first-order chi connectivity index (χ1) is 26.9. The molecule has 0 atom stereocenters. The maximum absolute atomic E-state index is 14.1. The summed E-state index contributed by atoms with van der Waals surface area (Å²) in [5.74, 6) is 0.960. The topological polar surface area (TPSA) is 172 Å². The van der Waals surface area contributed by atoms with Gasteiger partial charge in [-0.2, -0.15) is 9.77 Å². The zero-order valence-electron chi connectivity index (χ0n) is 29.8. The fourth-order valence-corrected chi connectivity index (χ4v) is 8.18. The van der Waals surface area contributed by atoms with Crippen LogP contribution in [0.1, 0.15) is 67.1 Å². The first kappa shape index (κ1) is 32.8. The van der Waals surface area contributed by atoms with Crippen molar-refractivity contribution in [2.45, 2.75) is 37.8 Å². The lowest BCUT2D eigenvalue weighted by atomic mass is 9.67. The van der Waals surface area contributed by atoms with Crippen molar-refractivity contribution in [1.29, 1.82) is 0 Å². The van der Waals surface area contributed by atoms with E-state index in [0.717, 1.165) is 67.2 Å². The van der Waals surface area contributed by atoms with Gasteiger partial charge in [-0.05, 0) is 59.9 Å². The average Bonchev–Trinajstić information content (AvgIpc) is 3.72. The van der Waals surface area contributed by atoms with E-state index in [2.05, 4.69) is 34.9 Å². The average molecular weight is 730 g/mol. The number of rotatable bonds is 8. The monoisotopic (exact) mass is 729 g/mol. The van der Waals surface area contributed by atoms with E-state index in [1.54, 1.807) is 24.4 Å². The van der Waals surface area contributed by atoms with Crippen molar-refractivity contribution >= 4 is 46.6 Å². The van der Waals surface area contributed by atoms with Gasteiger partial charge >= 0.3 is 5.71 Å². The normalized spacial score (nSPS) is 16.7. The molecule has 4 aliphatic heterocycles. The molecule has 0 saturated carbocycles. The molecule has 55 heavy (non-hydrogen) atoms. The number of aromatic nitrogens is 2. The molecule has 1 spiro atoms. The lowest BCUT2D eigenvalue weighted by Crippen LogP contribution is -2.41. The lowest BCUT2D eigenvalue weighted by Gasteiger charge is -2.39. The molecule has 10 rings (SSSR count). The summed E-state index contributed by atoms with van der Waals surface area (Å²) in [6, 6.07) is 24.8. The fraction of sp³-hybridized carbons (Fsp3) is 0.238. The van der Waals surface area contributed by atoms with Crippen molar-refractivity contribution in [2.75, 3.05) is 41.7 Å². The minimum absolute atomic E-state index is 0.0244. The molecule has 13 nitrogen and oxygen atoms in total. The van der Waals surface area contributed by atoms with Crippen molar-refractivity contribution in [2.24, 2.45) is 4.99 Å². The largest absolute Gasteiger partial charge is 0.471 e. The van der Waals surface area contributed by atoms with E-state index in [0.29, 0.717) is 57.3 Å². The highest BCUT2D eigenvalue weighted by atomic mass is 16.5. The Morgan fingerprint density at radius 3 is 2.18 bits per heavy atom. The fourth-order valence-electron chi connectivity index (χ4n) is 8.18. The van der Waals surface area contributed by atoms with Gasteiger partial charge in [0.25, 0.3) is 11.7 Å². The maximum Gasteiger partial charge on any atom is 0.358 e. The summed E-state index contributed by atoms with van der Waals surface area (Å²) in [7, 11) is 0. The minimum Gasteiger partial charge on any atom is -0.471 e. The molecule has 0 bridgehead atoms. The highest BCUT2D eigenvalue weighted by Crippen LogP contribution is 2.57. The number of amides is 1. The highest BCUT2D eigenvalue weighted by molar-refractivity contribution is 6.52. The number of anilines is 3. The Morgan fingerprint density at radius 2 is 1.55 bits per heavy atom. The number of ketones is 1. The van der Waals surface area contributed by atoms with E-state index in [1.807, 2.05) is 60.7 Å². The van der Waals surface area contributed by atoms with Gasteiger partial charge in [0, 0.05) is 91.1 Å². The van der Waals surface area contributed by atoms with E-state index in [9.17, 15) is 15.1 Å². The molecule has 5 aliphatic rings. The van der Waals surface area contributed by atoms with Crippen molar-refractivity contribution < 1.29 is 23.9 Å². The van der Waals surface area contributed by atoms with Gasteiger partial charge in [-0.15, -0.1) is 0 Å². The van der Waals surface area contributed by atoms with Gasteiger partial charge in [-0.1, -0.05) is 36.4 Å². The number of carbonyl (C=O) groups excluding carboxylic acids is 2. The number of fused-ring (bicyclic) bond motifs is 7. The molecule has 2 saturated heterocycles. The third kappa shape index (κ3) is 5.19. The SMILES string of the molecule is [N-]=[N+]=C1C(=O)c2ccc(C(=O)NCc3ccc(COc4nc(N)nc5c4N=CC5)cc3)cc2C12c1ccc(N3CCC3)cc1Oc1cc(N3CCC3)ccc12. The second-order valence-corrected chi connectivity index (χ2v) is 14.4. The molecule has 2 fully saturated rings. The number of nitrogen functional groups attached to an aromatic ring is 1. The Hall–Kier alpha value is -6.85. The van der Waals surface area contributed by atoms with E-state index >= 15 is 0 Å². The number of nitrogens with one attached hydrogen (secondary N) is 1. The molecule has 13 heteroatoms. The minimum atomic E-state index is -1.30. The van der Waals surface area contributed by atoms with Crippen LogP contribution < -0.4 is 30.3 Å². The van der Waals surface area contributed by atoms with Gasteiger partial charge in [0.05, 0.1) is 5.69 Å². The number of hydrogen-bond donors (Lipinski definition) is 2. The number of Topliss-reactive ketones (excluding diaryl/α,β-unsaturated/α-hetero) is 1. The van der Waals surface area contributed by atoms with Gasteiger partial charge in [-0.25, -0.2) is 4.98 Å². The quantitative estimate of drug-likeness (QED) is 0.153. The number of nitrogens with zero attached hydrogens (tertiary/aromatic N) is 7. The second kappa shape index (κ2) is 12.6. The Balaban J connectivity index is 0.946. The number of benzene rings is 4. The van der Waals surface area contributed by atoms with E-state index in [-0.39, 0.29) is 30.7 Å². The summed E-state index contributed by atoms with van der Waals surface area (Å²) in [5.41, 5.74) is 23.0. The van der Waals surface area contributed by atoms with Crippen molar-refractivity contribution in [3.63, 3.8) is 0 Å². The number of hydrogen-bond acceptors (Lipinski definition) is 10. The van der Waals surface area contributed by atoms with Crippen LogP contribution in [0.4, 0.5) is 23.0 Å². The van der Waals surface area contributed by atoms with Gasteiger partial charge in [-0.3, -0.25) is 14.6 Å². The van der Waals surface area contributed by atoms with E-state index in [4.69, 9.17) is 15.2 Å². The Bertz CT molecular complexity index is 2470. The molecule has 1 aliphatic carbocycles. The first-order valence-electron chi connectivity index (χ1n) is 18.5. The number of ether oxygens (including phenoxy) is 2. The van der Waals surface area contributed by atoms with Crippen molar-refractivity contribution in [3.8, 4) is 17.4 Å². The number of carbonyl (C=O) groups is 2. The van der Waals surface area contributed by atoms with Crippen molar-refractivity contribution in [1.82, 2.24) is 15.3 Å². The zero-order valence-corrected chi connectivity index (χ0v) is 29.8. The summed E-state index contributed by atoms with van der Waals surface area (Å²) < 4.78 is 12.6. The molecule has 1 aromatic heterocycles. The van der Waals surface area contributed by atoms with Crippen LogP contribution in [-0.4, -0.2) is 64.6 Å². The van der Waals surface area contributed by atoms with Gasteiger partial charge in [0.2, 0.25) is 11.8 Å². The maximum atomic E-state index is 14.1. The molecule has 0 radical (unpaired) electrons. The molecule has 272 valence electrons. The molecular weight excluding hydrogens is 695 g/mol. The van der Waals surface area contributed by atoms with Crippen LogP contribution >= 0.6 is 0 Å². The molecular formula is C42H35N9O4. The lowest BCUT2D eigenvalue weighted by molar-refractivity contribution is -0.0118. The molecule has 5 heterocycles. The third-order valence-electron chi connectivity index (χ3n) is 11.3. The van der Waals surface area contributed by atoms with Crippen molar-refractivity contribution in [3.05, 3.63) is 129 Å². The van der Waals surface area contributed by atoms with Crippen LogP contribution in [0.25, 0.3) is 5.53 Å². The Labute approximate surface area is 316 Å². The Morgan fingerprint density at radius 1 is 0.873 bits per heavy atom. The number of nitrogens with two attached hydrogens (primary N) is 1. The van der Waals surface area contributed by atoms with Crippen LogP contribution in [0.2, 0.25) is 0 Å². The second-order valence-electron chi connectivity index (χ2n) is 14.4. The summed E-state index contributed by atoms with van der Waals surface area (Å²) in [4.78, 5) is 48.9. The highest BCUT2D eigenvalue weighted by Gasteiger charge is 2.62. The molecule has 5 aromatic rings. The van der Waals surface area contributed by atoms with E-state index in [1.165, 1.54) is 0 Å². The van der Waals surface area contributed by atoms with Gasteiger partial charge in [0.1, 0.15) is 23.8 Å². The summed E-state index contributed by atoms with van der Waals surface area (Å²) in [6.07, 6.45) is 4.59.